The van der Waals surface area contributed by atoms with E-state index in [2.05, 4.69) is 15.0 Å². The minimum absolute atomic E-state index is 0.0265. The molecule has 5 nitrogen and oxygen atoms in total. The molecule has 1 amide bonds. The summed E-state index contributed by atoms with van der Waals surface area (Å²) in [7, 11) is 0. The number of amides is 1. The molecular formula is C10H12F2N2O3. The van der Waals surface area contributed by atoms with Crippen molar-refractivity contribution < 1.29 is 18.3 Å². The summed E-state index contributed by atoms with van der Waals surface area (Å²) in [5.74, 6) is -0.563. The van der Waals surface area contributed by atoms with E-state index in [0.717, 1.165) is 0 Å². The first kappa shape index (κ1) is 13.3. The Balaban J connectivity index is 2.31. The molecule has 0 spiro atoms. The highest BCUT2D eigenvalue weighted by atomic mass is 19.3. The third-order valence-electron chi connectivity index (χ3n) is 1.84. The first-order chi connectivity index (χ1) is 8.11. The Morgan fingerprint density at radius 1 is 1.53 bits per heavy atom. The fraction of sp³-hybridized carbons (Fsp3) is 0.400. The summed E-state index contributed by atoms with van der Waals surface area (Å²) in [5.41, 5.74) is -0.434. The normalized spacial score (nSPS) is 10.5. The first-order valence-corrected chi connectivity index (χ1v) is 4.92. The van der Waals surface area contributed by atoms with E-state index in [1.807, 2.05) is 0 Å². The fourth-order valence-electron chi connectivity index (χ4n) is 1.10. The molecule has 1 rings (SSSR count). The zero-order chi connectivity index (χ0) is 12.7. The van der Waals surface area contributed by atoms with E-state index in [1.165, 1.54) is 18.5 Å². The van der Waals surface area contributed by atoms with E-state index in [1.54, 1.807) is 0 Å². The van der Waals surface area contributed by atoms with Gasteiger partial charge in [0.25, 0.3) is 12.3 Å². The molecular weight excluding hydrogens is 234 g/mol. The maximum atomic E-state index is 11.7. The van der Waals surface area contributed by atoms with Crippen LogP contribution in [0.2, 0.25) is 0 Å². The summed E-state index contributed by atoms with van der Waals surface area (Å²) in [6.45, 7) is -0.623. The van der Waals surface area contributed by atoms with Gasteiger partial charge in [-0.2, -0.15) is 0 Å². The molecule has 1 aromatic rings. The number of aromatic nitrogens is 1. The van der Waals surface area contributed by atoms with Crippen LogP contribution < -0.4 is 10.7 Å². The van der Waals surface area contributed by atoms with Gasteiger partial charge in [-0.05, 0) is 0 Å². The van der Waals surface area contributed by atoms with Gasteiger partial charge in [0.15, 0.2) is 5.43 Å². The van der Waals surface area contributed by atoms with Crippen molar-refractivity contribution >= 4 is 5.91 Å². The van der Waals surface area contributed by atoms with Crippen molar-refractivity contribution in [3.8, 4) is 0 Å². The van der Waals surface area contributed by atoms with Crippen LogP contribution in [0.4, 0.5) is 8.78 Å². The van der Waals surface area contributed by atoms with E-state index < -0.39 is 24.4 Å². The Morgan fingerprint density at radius 2 is 2.29 bits per heavy atom. The SMILES string of the molecule is O=C(NCCOCC(F)F)c1c[nH]ccc1=O. The topological polar surface area (TPSA) is 71.2 Å². The van der Waals surface area contributed by atoms with Crippen LogP contribution in [-0.4, -0.2) is 37.1 Å². The van der Waals surface area contributed by atoms with Gasteiger partial charge in [0.2, 0.25) is 0 Å². The lowest BCUT2D eigenvalue weighted by atomic mass is 10.2. The smallest absolute Gasteiger partial charge is 0.261 e. The maximum absolute atomic E-state index is 11.7. The quantitative estimate of drug-likeness (QED) is 0.713. The number of rotatable bonds is 6. The highest BCUT2D eigenvalue weighted by molar-refractivity contribution is 5.93. The van der Waals surface area contributed by atoms with Crippen LogP contribution in [-0.2, 0) is 4.74 Å². The number of aromatic amines is 1. The zero-order valence-corrected chi connectivity index (χ0v) is 8.91. The van der Waals surface area contributed by atoms with E-state index in [0.29, 0.717) is 0 Å². The van der Waals surface area contributed by atoms with Crippen LogP contribution in [0.15, 0.2) is 23.3 Å². The van der Waals surface area contributed by atoms with Crippen LogP contribution in [0.5, 0.6) is 0 Å². The van der Waals surface area contributed by atoms with E-state index >= 15 is 0 Å². The summed E-state index contributed by atoms with van der Waals surface area (Å²) in [6.07, 6.45) is 0.158. The predicted octanol–water partition coefficient (Wildman–Crippen LogP) is 0.386. The van der Waals surface area contributed by atoms with Crippen LogP contribution in [0.1, 0.15) is 10.4 Å². The average molecular weight is 246 g/mol. The molecule has 94 valence electrons. The Kier molecular flexibility index (Phi) is 5.28. The Bertz CT molecular complexity index is 420. The molecule has 0 aliphatic heterocycles. The van der Waals surface area contributed by atoms with Crippen molar-refractivity contribution in [2.24, 2.45) is 0 Å². The van der Waals surface area contributed by atoms with Gasteiger partial charge in [-0.3, -0.25) is 9.59 Å². The third-order valence-corrected chi connectivity index (χ3v) is 1.84. The number of nitrogens with one attached hydrogen (secondary N) is 2. The third kappa shape index (κ3) is 4.73. The van der Waals surface area contributed by atoms with Crippen LogP contribution in [0, 0.1) is 0 Å². The molecule has 0 aromatic carbocycles. The molecule has 0 aliphatic rings. The summed E-state index contributed by atoms with van der Waals surface area (Å²) in [5, 5.41) is 2.38. The number of hydrogen-bond acceptors (Lipinski definition) is 3. The van der Waals surface area contributed by atoms with E-state index in [-0.39, 0.29) is 18.7 Å². The monoisotopic (exact) mass is 246 g/mol. The van der Waals surface area contributed by atoms with Gasteiger partial charge < -0.3 is 15.0 Å². The molecule has 0 atom stereocenters. The summed E-state index contributed by atoms with van der Waals surface area (Å²) in [4.78, 5) is 25.3. The number of carbonyl (C=O) groups is 1. The van der Waals surface area contributed by atoms with Crippen molar-refractivity contribution in [3.05, 3.63) is 34.2 Å². The van der Waals surface area contributed by atoms with E-state index in [4.69, 9.17) is 0 Å². The summed E-state index contributed by atoms with van der Waals surface area (Å²) >= 11 is 0. The standard InChI is InChI=1S/C10H12F2N2O3/c11-9(12)6-17-4-3-14-10(16)7-5-13-2-1-8(7)15/h1-2,5,9H,3-4,6H2,(H,13,15)(H,14,16). The summed E-state index contributed by atoms with van der Waals surface area (Å²) in [6, 6.07) is 1.22. The van der Waals surface area contributed by atoms with Crippen LogP contribution >= 0.6 is 0 Å². The first-order valence-electron chi connectivity index (χ1n) is 4.92. The van der Waals surface area contributed by atoms with Gasteiger partial charge in [0.1, 0.15) is 12.2 Å². The van der Waals surface area contributed by atoms with Crippen molar-refractivity contribution in [3.63, 3.8) is 0 Å². The second-order valence-electron chi connectivity index (χ2n) is 3.14. The van der Waals surface area contributed by atoms with Gasteiger partial charge in [0, 0.05) is 25.0 Å². The van der Waals surface area contributed by atoms with Crippen molar-refractivity contribution in [2.45, 2.75) is 6.43 Å². The lowest BCUT2D eigenvalue weighted by Gasteiger charge is -2.05. The largest absolute Gasteiger partial charge is 0.374 e. The van der Waals surface area contributed by atoms with Gasteiger partial charge >= 0.3 is 0 Å². The van der Waals surface area contributed by atoms with Crippen LogP contribution in [0.25, 0.3) is 0 Å². The molecule has 1 aromatic heterocycles. The number of pyridine rings is 1. The van der Waals surface area contributed by atoms with Gasteiger partial charge in [-0.15, -0.1) is 0 Å². The van der Waals surface area contributed by atoms with Gasteiger partial charge in [-0.1, -0.05) is 0 Å². The molecule has 0 aliphatic carbocycles. The molecule has 0 bridgehead atoms. The number of H-pyrrole nitrogens is 1. The molecule has 2 N–H and O–H groups in total. The number of ether oxygens (including phenoxy) is 1. The van der Waals surface area contributed by atoms with Gasteiger partial charge in [0.05, 0.1) is 6.61 Å². The van der Waals surface area contributed by atoms with Crippen molar-refractivity contribution in [2.75, 3.05) is 19.8 Å². The molecule has 7 heteroatoms. The lowest BCUT2D eigenvalue weighted by molar-refractivity contribution is 0.0188. The minimum atomic E-state index is -2.53. The molecule has 1 heterocycles. The second kappa shape index (κ2) is 6.74. The van der Waals surface area contributed by atoms with Crippen LogP contribution in [0.3, 0.4) is 0 Å². The average Bonchev–Trinajstić information content (AvgIpc) is 2.28. The van der Waals surface area contributed by atoms with E-state index in [9.17, 15) is 18.4 Å². The molecule has 0 unspecified atom stereocenters. The van der Waals surface area contributed by atoms with Gasteiger partial charge in [-0.25, -0.2) is 8.78 Å². The molecule has 0 fully saturated rings. The van der Waals surface area contributed by atoms with Crippen molar-refractivity contribution in [1.29, 1.82) is 0 Å². The minimum Gasteiger partial charge on any atom is -0.374 e. The molecule has 0 saturated heterocycles. The Labute approximate surface area is 95.8 Å². The summed E-state index contributed by atoms with van der Waals surface area (Å²) < 4.78 is 27.9. The Morgan fingerprint density at radius 3 is 2.94 bits per heavy atom. The van der Waals surface area contributed by atoms with Crippen molar-refractivity contribution in [1.82, 2.24) is 10.3 Å². The highest BCUT2D eigenvalue weighted by Gasteiger charge is 2.08. The fourth-order valence-corrected chi connectivity index (χ4v) is 1.10. The number of carbonyl (C=O) groups excluding carboxylic acids is 1. The molecule has 0 saturated carbocycles. The lowest BCUT2D eigenvalue weighted by Crippen LogP contribution is -2.31. The number of alkyl halides is 2. The number of hydrogen-bond donors (Lipinski definition) is 2. The molecule has 0 radical (unpaired) electrons. The Hall–Kier alpha value is -1.76. The number of halogens is 2. The second-order valence-corrected chi connectivity index (χ2v) is 3.14. The maximum Gasteiger partial charge on any atom is 0.261 e. The molecule has 17 heavy (non-hydrogen) atoms. The zero-order valence-electron chi connectivity index (χ0n) is 8.91. The predicted molar refractivity (Wildman–Crippen MR) is 56.2 cm³/mol. The highest BCUT2D eigenvalue weighted by Crippen LogP contribution is 1.92.